The van der Waals surface area contributed by atoms with Crippen molar-refractivity contribution in [2.24, 2.45) is 0 Å². The average molecular weight is 254 g/mol. The van der Waals surface area contributed by atoms with Gasteiger partial charge in [-0.25, -0.2) is 0 Å². The molecule has 0 bridgehead atoms. The maximum absolute atomic E-state index is 4.09. The molecule has 0 radical (unpaired) electrons. The summed E-state index contributed by atoms with van der Waals surface area (Å²) in [6.45, 7) is 7.52. The predicted octanol–water partition coefficient (Wildman–Crippen LogP) is 3.59. The third-order valence-corrected chi connectivity index (χ3v) is 3.53. The number of aromatic nitrogens is 1. The Morgan fingerprint density at radius 1 is 1.05 bits per heavy atom. The minimum atomic E-state index is 0.369. The molecule has 19 heavy (non-hydrogen) atoms. The number of pyridine rings is 1. The van der Waals surface area contributed by atoms with Crippen LogP contribution in [0.25, 0.3) is 0 Å². The molecular formula is C17H22N2. The second-order valence-electron chi connectivity index (χ2n) is 4.98. The lowest BCUT2D eigenvalue weighted by atomic mass is 9.92. The summed E-state index contributed by atoms with van der Waals surface area (Å²) in [6, 6.07) is 11.1. The summed E-state index contributed by atoms with van der Waals surface area (Å²) in [6.07, 6.45) is 4.73. The second-order valence-corrected chi connectivity index (χ2v) is 4.98. The number of hydrogen-bond donors (Lipinski definition) is 1. The Bertz CT molecular complexity index is 500. The molecule has 1 aromatic heterocycles. The van der Waals surface area contributed by atoms with E-state index in [0.717, 1.165) is 13.0 Å². The van der Waals surface area contributed by atoms with Gasteiger partial charge in [-0.15, -0.1) is 0 Å². The van der Waals surface area contributed by atoms with Crippen molar-refractivity contribution in [1.29, 1.82) is 0 Å². The first-order valence-electron chi connectivity index (χ1n) is 6.90. The summed E-state index contributed by atoms with van der Waals surface area (Å²) in [5, 5.41) is 3.61. The van der Waals surface area contributed by atoms with Crippen LogP contribution in [0.2, 0.25) is 0 Å². The van der Waals surface area contributed by atoms with Crippen LogP contribution in [0.4, 0.5) is 0 Å². The fourth-order valence-electron chi connectivity index (χ4n) is 2.65. The predicted molar refractivity (Wildman–Crippen MR) is 80.3 cm³/mol. The zero-order valence-electron chi connectivity index (χ0n) is 12.0. The number of likely N-dealkylation sites (N-methyl/N-ethyl adjacent to an activating group) is 1. The highest BCUT2D eigenvalue weighted by Crippen LogP contribution is 2.24. The minimum Gasteiger partial charge on any atom is -0.310 e. The Balaban J connectivity index is 2.30. The summed E-state index contributed by atoms with van der Waals surface area (Å²) >= 11 is 0. The van der Waals surface area contributed by atoms with Crippen molar-refractivity contribution in [3.63, 3.8) is 0 Å². The maximum Gasteiger partial charge on any atom is 0.0366 e. The van der Waals surface area contributed by atoms with Gasteiger partial charge in [0, 0.05) is 18.4 Å². The Morgan fingerprint density at radius 3 is 2.26 bits per heavy atom. The number of rotatable bonds is 5. The van der Waals surface area contributed by atoms with Crippen LogP contribution in [-0.2, 0) is 6.42 Å². The molecule has 0 aliphatic heterocycles. The van der Waals surface area contributed by atoms with Crippen molar-refractivity contribution >= 4 is 0 Å². The zero-order valence-corrected chi connectivity index (χ0v) is 12.0. The van der Waals surface area contributed by atoms with Crippen LogP contribution in [0.3, 0.4) is 0 Å². The number of nitrogens with zero attached hydrogens (tertiary/aromatic N) is 1. The van der Waals surface area contributed by atoms with Gasteiger partial charge >= 0.3 is 0 Å². The molecule has 2 aromatic rings. The van der Waals surface area contributed by atoms with Crippen molar-refractivity contribution < 1.29 is 0 Å². The topological polar surface area (TPSA) is 24.9 Å². The average Bonchev–Trinajstić information content (AvgIpc) is 2.40. The first kappa shape index (κ1) is 13.8. The summed E-state index contributed by atoms with van der Waals surface area (Å²) in [5.41, 5.74) is 5.48. The molecule has 2 heteroatoms. The van der Waals surface area contributed by atoms with E-state index in [-0.39, 0.29) is 0 Å². The number of benzene rings is 1. The third-order valence-electron chi connectivity index (χ3n) is 3.53. The molecule has 0 fully saturated rings. The van der Waals surface area contributed by atoms with Crippen molar-refractivity contribution in [1.82, 2.24) is 10.3 Å². The van der Waals surface area contributed by atoms with Crippen LogP contribution >= 0.6 is 0 Å². The highest BCUT2D eigenvalue weighted by molar-refractivity contribution is 5.37. The molecule has 1 aromatic carbocycles. The second kappa shape index (κ2) is 6.48. The van der Waals surface area contributed by atoms with E-state index in [0.29, 0.717) is 6.04 Å². The normalized spacial score (nSPS) is 12.4. The van der Waals surface area contributed by atoms with E-state index in [2.05, 4.69) is 61.4 Å². The Kier molecular flexibility index (Phi) is 4.69. The molecule has 1 unspecified atom stereocenters. The maximum atomic E-state index is 4.09. The highest BCUT2D eigenvalue weighted by atomic mass is 14.9. The summed E-state index contributed by atoms with van der Waals surface area (Å²) < 4.78 is 0. The van der Waals surface area contributed by atoms with Crippen molar-refractivity contribution in [2.45, 2.75) is 33.2 Å². The molecule has 0 amide bonds. The monoisotopic (exact) mass is 254 g/mol. The zero-order chi connectivity index (χ0) is 13.7. The van der Waals surface area contributed by atoms with Gasteiger partial charge in [0.05, 0.1) is 0 Å². The van der Waals surface area contributed by atoms with Crippen LogP contribution in [0, 0.1) is 13.8 Å². The minimum absolute atomic E-state index is 0.369. The first-order valence-corrected chi connectivity index (χ1v) is 6.90. The van der Waals surface area contributed by atoms with E-state index in [4.69, 9.17) is 0 Å². The lowest BCUT2D eigenvalue weighted by Crippen LogP contribution is -2.24. The van der Waals surface area contributed by atoms with Crippen molar-refractivity contribution in [3.8, 4) is 0 Å². The summed E-state index contributed by atoms with van der Waals surface area (Å²) in [7, 11) is 0. The van der Waals surface area contributed by atoms with E-state index >= 15 is 0 Å². The Morgan fingerprint density at radius 2 is 1.68 bits per heavy atom. The summed E-state index contributed by atoms with van der Waals surface area (Å²) in [5.74, 6) is 0. The molecule has 0 aliphatic carbocycles. The van der Waals surface area contributed by atoms with Gasteiger partial charge in [-0.2, -0.15) is 0 Å². The van der Waals surface area contributed by atoms with Gasteiger partial charge in [-0.1, -0.05) is 25.1 Å². The number of hydrogen-bond acceptors (Lipinski definition) is 2. The van der Waals surface area contributed by atoms with Crippen LogP contribution in [0.5, 0.6) is 0 Å². The van der Waals surface area contributed by atoms with E-state index in [9.17, 15) is 0 Å². The molecule has 0 spiro atoms. The van der Waals surface area contributed by atoms with Gasteiger partial charge in [-0.05, 0) is 61.2 Å². The number of nitrogens with one attached hydrogen (secondary N) is 1. The summed E-state index contributed by atoms with van der Waals surface area (Å²) in [4.78, 5) is 4.09. The van der Waals surface area contributed by atoms with Crippen LogP contribution in [0.15, 0.2) is 42.7 Å². The van der Waals surface area contributed by atoms with Crippen LogP contribution in [0.1, 0.15) is 35.2 Å². The van der Waals surface area contributed by atoms with Crippen LogP contribution < -0.4 is 5.32 Å². The Labute approximate surface area is 115 Å². The highest BCUT2D eigenvalue weighted by Gasteiger charge is 2.15. The molecular weight excluding hydrogens is 232 g/mol. The molecule has 0 saturated carbocycles. The SMILES string of the molecule is CCNC(Cc1ccncc1)c1c(C)cccc1C. The van der Waals surface area contributed by atoms with Gasteiger partial charge in [-0.3, -0.25) is 4.98 Å². The largest absolute Gasteiger partial charge is 0.310 e. The van der Waals surface area contributed by atoms with Gasteiger partial charge in [0.15, 0.2) is 0 Å². The van der Waals surface area contributed by atoms with E-state index in [1.807, 2.05) is 12.4 Å². The molecule has 2 rings (SSSR count). The van der Waals surface area contributed by atoms with E-state index in [1.165, 1.54) is 22.3 Å². The van der Waals surface area contributed by atoms with Gasteiger partial charge in [0.2, 0.25) is 0 Å². The van der Waals surface area contributed by atoms with Crippen molar-refractivity contribution in [2.75, 3.05) is 6.54 Å². The lowest BCUT2D eigenvalue weighted by molar-refractivity contribution is 0.544. The van der Waals surface area contributed by atoms with E-state index in [1.54, 1.807) is 0 Å². The van der Waals surface area contributed by atoms with Gasteiger partial charge in [0.1, 0.15) is 0 Å². The quantitative estimate of drug-likeness (QED) is 0.882. The number of aryl methyl sites for hydroxylation is 2. The van der Waals surface area contributed by atoms with Gasteiger partial charge in [0.25, 0.3) is 0 Å². The first-order chi connectivity index (χ1) is 9.22. The Hall–Kier alpha value is -1.67. The van der Waals surface area contributed by atoms with Crippen LogP contribution in [-0.4, -0.2) is 11.5 Å². The smallest absolute Gasteiger partial charge is 0.0366 e. The van der Waals surface area contributed by atoms with Crippen molar-refractivity contribution in [3.05, 3.63) is 65.0 Å². The van der Waals surface area contributed by atoms with E-state index < -0.39 is 0 Å². The molecule has 0 aliphatic rings. The molecule has 100 valence electrons. The molecule has 1 atom stereocenters. The molecule has 2 nitrogen and oxygen atoms in total. The standard InChI is InChI=1S/C17H22N2/c1-4-19-16(12-15-8-10-18-11-9-15)17-13(2)6-5-7-14(17)3/h5-11,16,19H,4,12H2,1-3H3. The fourth-order valence-corrected chi connectivity index (χ4v) is 2.65. The third kappa shape index (κ3) is 3.42. The van der Waals surface area contributed by atoms with Gasteiger partial charge < -0.3 is 5.32 Å². The molecule has 1 heterocycles. The fraction of sp³-hybridized carbons (Fsp3) is 0.353. The molecule has 1 N–H and O–H groups in total. The molecule has 0 saturated heterocycles. The lowest BCUT2D eigenvalue weighted by Gasteiger charge is -2.22.